The van der Waals surface area contributed by atoms with Crippen molar-refractivity contribution in [3.05, 3.63) is 71.6 Å². The standard InChI is InChI=1S/C18H23Br2FN4.C15H15Br2FN4O2/c1-2-3-6-24-7-4-12(5-8-24)16-11-17(22)25(23-16)18-14(19)9-13(21)10-15(18)20;16-10-6-9(18)7-11(17)14(10)22-12(19)8-13(20-22)24-15(23)21-4-2-1-3-5-21/h9-12H,2-8,22H2,1H3;6-8H,1-5,19H2. The fourth-order valence-electron chi connectivity index (χ4n) is 5.93. The van der Waals surface area contributed by atoms with E-state index in [0.717, 1.165) is 56.6 Å². The van der Waals surface area contributed by atoms with Gasteiger partial charge in [0.05, 0.1) is 17.1 Å². The maximum Gasteiger partial charge on any atom is 0.416 e. The number of likely N-dealkylation sites (tertiary alicyclic amines) is 2. The van der Waals surface area contributed by atoms with E-state index < -0.39 is 11.9 Å². The lowest BCUT2D eigenvalue weighted by Crippen LogP contribution is -2.37. The van der Waals surface area contributed by atoms with Crippen molar-refractivity contribution in [2.45, 2.75) is 57.8 Å². The Hall–Kier alpha value is -2.53. The number of nitrogens with two attached hydrogens (primary N) is 2. The SMILES string of the molecule is CCCCN1CCC(c2cc(N)n(-c3c(Br)cc(F)cc3Br)n2)CC1.Nc1cc(OC(=O)N2CCCCC2)nn1-c1c(Br)cc(F)cc1Br. The molecule has 0 spiro atoms. The van der Waals surface area contributed by atoms with Gasteiger partial charge in [0.1, 0.15) is 23.3 Å². The molecule has 2 aromatic heterocycles. The van der Waals surface area contributed by atoms with Crippen LogP contribution < -0.4 is 16.2 Å². The van der Waals surface area contributed by atoms with Gasteiger partial charge in [-0.3, -0.25) is 0 Å². The molecule has 2 saturated heterocycles. The molecule has 264 valence electrons. The third-order valence-corrected chi connectivity index (χ3v) is 10.9. The highest BCUT2D eigenvalue weighted by atomic mass is 79.9. The molecule has 1 amide bonds. The Morgan fingerprint density at radius 1 is 0.796 bits per heavy atom. The smallest absolute Gasteiger partial charge is 0.389 e. The Balaban J connectivity index is 0.000000191. The minimum absolute atomic E-state index is 0.103. The van der Waals surface area contributed by atoms with E-state index in [4.69, 9.17) is 21.3 Å². The second kappa shape index (κ2) is 17.1. The molecular weight excluding hydrogens is 898 g/mol. The summed E-state index contributed by atoms with van der Waals surface area (Å²) in [7, 11) is 0. The molecule has 0 bridgehead atoms. The highest BCUT2D eigenvalue weighted by molar-refractivity contribution is 9.11. The van der Waals surface area contributed by atoms with E-state index in [2.05, 4.69) is 80.6 Å². The molecule has 2 aliphatic heterocycles. The lowest BCUT2D eigenvalue weighted by atomic mass is 9.93. The van der Waals surface area contributed by atoms with E-state index in [-0.39, 0.29) is 17.5 Å². The van der Waals surface area contributed by atoms with Gasteiger partial charge in [-0.25, -0.2) is 22.9 Å². The molecule has 16 heteroatoms. The number of nitrogen functional groups attached to an aromatic ring is 2. The van der Waals surface area contributed by atoms with Crippen LogP contribution in [0.15, 0.2) is 54.3 Å². The molecule has 0 unspecified atom stereocenters. The monoisotopic (exact) mass is 932 g/mol. The summed E-state index contributed by atoms with van der Waals surface area (Å²) in [4.78, 5) is 16.3. The number of halogens is 6. The first-order chi connectivity index (χ1) is 23.4. The van der Waals surface area contributed by atoms with Gasteiger partial charge in [0.2, 0.25) is 5.88 Å². The molecule has 6 rings (SSSR count). The van der Waals surface area contributed by atoms with Gasteiger partial charge in [-0.15, -0.1) is 5.10 Å². The number of rotatable bonds is 7. The summed E-state index contributed by atoms with van der Waals surface area (Å²) in [6.07, 6.45) is 7.34. The summed E-state index contributed by atoms with van der Waals surface area (Å²) < 4.78 is 37.5. The lowest BCUT2D eigenvalue weighted by molar-refractivity contribution is 0.140. The van der Waals surface area contributed by atoms with Crippen LogP contribution >= 0.6 is 63.7 Å². The van der Waals surface area contributed by atoms with Crippen molar-refractivity contribution in [3.63, 3.8) is 0 Å². The van der Waals surface area contributed by atoms with Crippen molar-refractivity contribution in [1.82, 2.24) is 29.4 Å². The van der Waals surface area contributed by atoms with E-state index in [1.54, 1.807) is 9.58 Å². The average Bonchev–Trinajstić information content (AvgIpc) is 3.61. The van der Waals surface area contributed by atoms with Gasteiger partial charge >= 0.3 is 6.09 Å². The maximum absolute atomic E-state index is 13.5. The zero-order chi connectivity index (χ0) is 35.2. The number of piperidine rings is 2. The number of unbranched alkanes of at least 4 members (excludes halogenated alkanes) is 1. The summed E-state index contributed by atoms with van der Waals surface area (Å²) >= 11 is 13.4. The predicted molar refractivity (Wildman–Crippen MR) is 201 cm³/mol. The Kier molecular flexibility index (Phi) is 13.2. The first-order valence-electron chi connectivity index (χ1n) is 16.1. The quantitative estimate of drug-likeness (QED) is 0.190. The number of benzene rings is 2. The van der Waals surface area contributed by atoms with Crippen LogP contribution in [0.25, 0.3) is 11.4 Å². The van der Waals surface area contributed by atoms with Crippen LogP contribution in [-0.2, 0) is 0 Å². The van der Waals surface area contributed by atoms with Crippen molar-refractivity contribution in [2.24, 2.45) is 0 Å². The highest BCUT2D eigenvalue weighted by Gasteiger charge is 2.25. The number of hydrogen-bond acceptors (Lipinski definition) is 7. The second-order valence-electron chi connectivity index (χ2n) is 12.0. The normalized spacial score (nSPS) is 15.6. The lowest BCUT2D eigenvalue weighted by Gasteiger charge is -2.31. The predicted octanol–water partition coefficient (Wildman–Crippen LogP) is 9.20. The van der Waals surface area contributed by atoms with Gasteiger partial charge in [-0.2, -0.15) is 5.10 Å². The van der Waals surface area contributed by atoms with Crippen LogP contribution in [0.4, 0.5) is 25.2 Å². The topological polar surface area (TPSA) is 120 Å². The number of ether oxygens (including phenoxy) is 1. The van der Waals surface area contributed by atoms with Crippen molar-refractivity contribution < 1.29 is 18.3 Å². The number of hydrogen-bond donors (Lipinski definition) is 2. The number of anilines is 2. The van der Waals surface area contributed by atoms with Crippen LogP contribution in [0.5, 0.6) is 5.88 Å². The maximum atomic E-state index is 13.5. The molecule has 4 heterocycles. The van der Waals surface area contributed by atoms with Gasteiger partial charge in [-0.05, 0) is 146 Å². The number of aromatic nitrogens is 4. The number of nitrogens with zero attached hydrogens (tertiary/aromatic N) is 6. The van der Waals surface area contributed by atoms with E-state index in [1.807, 2.05) is 6.07 Å². The minimum atomic E-state index is -0.434. The van der Waals surface area contributed by atoms with E-state index in [1.165, 1.54) is 54.4 Å². The summed E-state index contributed by atoms with van der Waals surface area (Å²) in [5, 5.41) is 8.94. The van der Waals surface area contributed by atoms with Crippen LogP contribution in [0.1, 0.15) is 63.5 Å². The molecule has 2 aromatic carbocycles. The summed E-state index contributed by atoms with van der Waals surface area (Å²) in [6.45, 7) is 7.01. The fourth-order valence-corrected chi connectivity index (χ4v) is 8.87. The van der Waals surface area contributed by atoms with Gasteiger partial charge in [0.25, 0.3) is 0 Å². The second-order valence-corrected chi connectivity index (χ2v) is 15.5. The summed E-state index contributed by atoms with van der Waals surface area (Å²) in [6, 6.07) is 8.88. The number of carbonyl (C=O) groups is 1. The van der Waals surface area contributed by atoms with E-state index in [9.17, 15) is 13.6 Å². The summed E-state index contributed by atoms with van der Waals surface area (Å²) in [5.74, 6) is 0.652. The molecule has 0 aliphatic carbocycles. The molecule has 4 aromatic rings. The minimum Gasteiger partial charge on any atom is -0.389 e. The zero-order valence-electron chi connectivity index (χ0n) is 26.9. The van der Waals surface area contributed by atoms with Crippen molar-refractivity contribution >= 4 is 81.4 Å². The third-order valence-electron chi connectivity index (χ3n) is 8.50. The van der Waals surface area contributed by atoms with Crippen molar-refractivity contribution in [3.8, 4) is 17.3 Å². The number of carbonyl (C=O) groups excluding carboxylic acids is 1. The average molecular weight is 936 g/mol. The molecule has 2 aliphatic rings. The first-order valence-corrected chi connectivity index (χ1v) is 19.3. The Morgan fingerprint density at radius 3 is 1.84 bits per heavy atom. The van der Waals surface area contributed by atoms with Crippen molar-refractivity contribution in [2.75, 3.05) is 44.2 Å². The Labute approximate surface area is 318 Å². The van der Waals surface area contributed by atoms with Gasteiger partial charge in [-0.1, -0.05) is 13.3 Å². The van der Waals surface area contributed by atoms with Gasteiger partial charge < -0.3 is 26.0 Å². The van der Waals surface area contributed by atoms with Gasteiger partial charge in [0, 0.05) is 49.0 Å². The first kappa shape index (κ1) is 37.7. The molecule has 0 saturated carbocycles. The Morgan fingerprint density at radius 2 is 1.31 bits per heavy atom. The van der Waals surface area contributed by atoms with Crippen molar-refractivity contribution in [1.29, 1.82) is 0 Å². The van der Waals surface area contributed by atoms with Crippen LogP contribution in [0.2, 0.25) is 0 Å². The van der Waals surface area contributed by atoms with Crippen LogP contribution in [0, 0.1) is 11.6 Å². The van der Waals surface area contributed by atoms with E-state index in [0.29, 0.717) is 48.4 Å². The number of amides is 1. The van der Waals surface area contributed by atoms with E-state index >= 15 is 0 Å². The zero-order valence-corrected chi connectivity index (χ0v) is 33.3. The van der Waals surface area contributed by atoms with Gasteiger partial charge in [0.15, 0.2) is 0 Å². The molecule has 0 radical (unpaired) electrons. The van der Waals surface area contributed by atoms with Crippen LogP contribution in [-0.4, -0.2) is 68.2 Å². The Bertz CT molecular complexity index is 1730. The fraction of sp³-hybridized carbons (Fsp3) is 0.424. The summed E-state index contributed by atoms with van der Waals surface area (Å²) in [5.41, 5.74) is 14.4. The molecular formula is C33H38Br4F2N8O2. The largest absolute Gasteiger partial charge is 0.416 e. The van der Waals surface area contributed by atoms with Crippen LogP contribution in [0.3, 0.4) is 0 Å². The highest BCUT2D eigenvalue weighted by Crippen LogP contribution is 2.35. The molecule has 2 fully saturated rings. The molecule has 0 atom stereocenters. The third kappa shape index (κ3) is 9.43. The molecule has 4 N–H and O–H groups in total. The molecule has 10 nitrogen and oxygen atoms in total. The molecule has 49 heavy (non-hydrogen) atoms.